The Hall–Kier alpha value is -2.57. The van der Waals surface area contributed by atoms with E-state index in [9.17, 15) is 8.42 Å². The van der Waals surface area contributed by atoms with E-state index >= 15 is 0 Å². The van der Waals surface area contributed by atoms with E-state index in [0.29, 0.717) is 12.3 Å². The van der Waals surface area contributed by atoms with Crippen LogP contribution in [0, 0.1) is 6.92 Å². The minimum absolute atomic E-state index is 0.538. The molecule has 6 heteroatoms. The second-order valence-corrected chi connectivity index (χ2v) is 7.70. The topological polar surface area (TPSA) is 60.3 Å². The normalized spacial score (nSPS) is 12.1. The van der Waals surface area contributed by atoms with Crippen LogP contribution in [0.1, 0.15) is 11.1 Å². The maximum absolute atomic E-state index is 12.3. The lowest BCUT2D eigenvalue weighted by Crippen LogP contribution is -2.08. The van der Waals surface area contributed by atoms with Crippen LogP contribution in [0.2, 0.25) is 0 Å². The summed E-state index contributed by atoms with van der Waals surface area (Å²) in [6.45, 7) is 3.37. The first kappa shape index (κ1) is 18.2. The number of fused-ring (bicyclic) bond motifs is 1. The molecule has 1 N–H and O–H groups in total. The van der Waals surface area contributed by atoms with Crippen molar-refractivity contribution in [1.82, 2.24) is 4.57 Å². The van der Waals surface area contributed by atoms with E-state index < -0.39 is 10.0 Å². The van der Waals surface area contributed by atoms with Crippen molar-refractivity contribution in [2.45, 2.75) is 13.5 Å². The van der Waals surface area contributed by atoms with Crippen LogP contribution in [0.3, 0.4) is 0 Å². The highest BCUT2D eigenvalue weighted by Crippen LogP contribution is 2.21. The Balaban J connectivity index is 1.75. The maximum atomic E-state index is 12.3. The Kier molecular flexibility index (Phi) is 5.44. The minimum Gasteiger partial charge on any atom is -0.383 e. The molecule has 0 aliphatic carbocycles. The number of sulfonamides is 1. The summed E-state index contributed by atoms with van der Waals surface area (Å²) in [7, 11) is -1.91. The van der Waals surface area contributed by atoms with Crippen LogP contribution in [0.15, 0.2) is 60.1 Å². The van der Waals surface area contributed by atoms with Crippen LogP contribution >= 0.6 is 0 Å². The van der Waals surface area contributed by atoms with Crippen molar-refractivity contribution in [3.63, 3.8) is 0 Å². The first-order chi connectivity index (χ1) is 12.5. The number of benzene rings is 2. The zero-order valence-electron chi connectivity index (χ0n) is 14.8. The average molecular weight is 370 g/mol. The third-order valence-corrected chi connectivity index (χ3v) is 5.10. The molecular formula is C20H22N2O3S. The van der Waals surface area contributed by atoms with Gasteiger partial charge >= 0.3 is 0 Å². The number of hydrogen-bond acceptors (Lipinski definition) is 3. The number of rotatable bonds is 7. The largest absolute Gasteiger partial charge is 0.383 e. The third-order valence-electron chi connectivity index (χ3n) is 4.08. The lowest BCUT2D eigenvalue weighted by Gasteiger charge is -2.07. The third kappa shape index (κ3) is 4.53. The number of methoxy groups -OCH3 is 1. The Morgan fingerprint density at radius 2 is 1.88 bits per heavy atom. The van der Waals surface area contributed by atoms with E-state index in [1.54, 1.807) is 19.3 Å². The lowest BCUT2D eigenvalue weighted by atomic mass is 10.2. The van der Waals surface area contributed by atoms with E-state index in [1.807, 2.05) is 55.6 Å². The fraction of sp³-hybridized carbons (Fsp3) is 0.200. The van der Waals surface area contributed by atoms with Gasteiger partial charge < -0.3 is 9.30 Å². The van der Waals surface area contributed by atoms with Gasteiger partial charge in [0.1, 0.15) is 0 Å². The maximum Gasteiger partial charge on any atom is 0.255 e. The number of nitrogens with zero attached hydrogens (tertiary/aromatic N) is 1. The van der Waals surface area contributed by atoms with Crippen LogP contribution in [0.5, 0.6) is 0 Å². The quantitative estimate of drug-likeness (QED) is 0.684. The summed E-state index contributed by atoms with van der Waals surface area (Å²) in [5, 5.41) is 2.16. The van der Waals surface area contributed by atoms with Gasteiger partial charge in [0.25, 0.3) is 10.0 Å². The number of aromatic nitrogens is 1. The standard InChI is InChI=1S/C20H22N2O3S/c1-16-3-5-17(6-4-16)10-14-26(23,24)21-19-7-8-20-18(15-19)9-11-22(20)12-13-25-2/h3-11,14-15,21H,12-13H2,1-2H3/b14-10+. The van der Waals surface area contributed by atoms with Gasteiger partial charge in [0, 0.05) is 36.4 Å². The van der Waals surface area contributed by atoms with Crippen molar-refractivity contribution < 1.29 is 13.2 Å². The highest BCUT2D eigenvalue weighted by molar-refractivity contribution is 7.95. The van der Waals surface area contributed by atoms with Gasteiger partial charge in [-0.15, -0.1) is 0 Å². The Morgan fingerprint density at radius 3 is 2.62 bits per heavy atom. The zero-order valence-corrected chi connectivity index (χ0v) is 15.7. The molecule has 1 heterocycles. The predicted octanol–water partition coefficient (Wildman–Crippen LogP) is 4.01. The SMILES string of the molecule is COCCn1ccc2cc(NS(=O)(=O)/C=C/c3ccc(C)cc3)ccc21. The summed E-state index contributed by atoms with van der Waals surface area (Å²) in [6, 6.07) is 15.1. The second-order valence-electron chi connectivity index (χ2n) is 6.14. The molecule has 0 spiro atoms. The van der Waals surface area contributed by atoms with Crippen molar-refractivity contribution in [2.75, 3.05) is 18.4 Å². The van der Waals surface area contributed by atoms with Gasteiger partial charge in [-0.3, -0.25) is 4.72 Å². The smallest absolute Gasteiger partial charge is 0.255 e. The van der Waals surface area contributed by atoms with Crippen molar-refractivity contribution in [1.29, 1.82) is 0 Å². The molecule has 2 aromatic carbocycles. The van der Waals surface area contributed by atoms with Gasteiger partial charge in [0.05, 0.1) is 12.0 Å². The van der Waals surface area contributed by atoms with E-state index in [1.165, 1.54) is 5.41 Å². The Labute approximate surface area is 154 Å². The van der Waals surface area contributed by atoms with Gasteiger partial charge in [0.2, 0.25) is 0 Å². The van der Waals surface area contributed by atoms with E-state index in [4.69, 9.17) is 4.74 Å². The molecule has 26 heavy (non-hydrogen) atoms. The van der Waals surface area contributed by atoms with E-state index in [2.05, 4.69) is 9.29 Å². The highest BCUT2D eigenvalue weighted by atomic mass is 32.2. The van der Waals surface area contributed by atoms with Gasteiger partial charge in [-0.1, -0.05) is 29.8 Å². The van der Waals surface area contributed by atoms with Crippen LogP contribution in [0.25, 0.3) is 17.0 Å². The van der Waals surface area contributed by atoms with Crippen molar-refractivity contribution in [2.24, 2.45) is 0 Å². The van der Waals surface area contributed by atoms with Gasteiger partial charge in [-0.25, -0.2) is 8.42 Å². The molecule has 0 saturated heterocycles. The van der Waals surface area contributed by atoms with Crippen LogP contribution in [-0.2, 0) is 21.3 Å². The first-order valence-corrected chi connectivity index (χ1v) is 9.87. The summed E-state index contributed by atoms with van der Waals surface area (Å²) < 4.78 is 34.4. The molecule has 0 radical (unpaired) electrons. The summed E-state index contributed by atoms with van der Waals surface area (Å²) in [6.07, 6.45) is 3.56. The molecule has 0 bridgehead atoms. The zero-order chi connectivity index (χ0) is 18.6. The van der Waals surface area contributed by atoms with E-state index in [0.717, 1.165) is 28.6 Å². The number of aryl methyl sites for hydroxylation is 1. The molecule has 3 aromatic rings. The molecule has 0 amide bonds. The van der Waals surface area contributed by atoms with Gasteiger partial charge in [-0.2, -0.15) is 0 Å². The summed E-state index contributed by atoms with van der Waals surface area (Å²) in [5.41, 5.74) is 3.55. The second kappa shape index (κ2) is 7.76. The lowest BCUT2D eigenvalue weighted by molar-refractivity contribution is 0.188. The molecule has 1 aromatic heterocycles. The number of ether oxygens (including phenoxy) is 1. The molecule has 5 nitrogen and oxygen atoms in total. The summed E-state index contributed by atoms with van der Waals surface area (Å²) in [5.74, 6) is 0. The highest BCUT2D eigenvalue weighted by Gasteiger charge is 2.08. The van der Waals surface area contributed by atoms with Gasteiger partial charge in [-0.05, 0) is 42.8 Å². The molecule has 0 atom stereocenters. The Morgan fingerprint density at radius 1 is 1.12 bits per heavy atom. The fourth-order valence-electron chi connectivity index (χ4n) is 2.69. The number of hydrogen-bond donors (Lipinski definition) is 1. The minimum atomic E-state index is -3.58. The van der Waals surface area contributed by atoms with Crippen LogP contribution in [0.4, 0.5) is 5.69 Å². The van der Waals surface area contributed by atoms with Gasteiger partial charge in [0.15, 0.2) is 0 Å². The monoisotopic (exact) mass is 370 g/mol. The molecular weight excluding hydrogens is 348 g/mol. The Bertz CT molecular complexity index is 1020. The molecule has 0 aliphatic rings. The summed E-state index contributed by atoms with van der Waals surface area (Å²) >= 11 is 0. The first-order valence-electron chi connectivity index (χ1n) is 8.32. The van der Waals surface area contributed by atoms with Crippen LogP contribution in [-0.4, -0.2) is 26.7 Å². The summed E-state index contributed by atoms with van der Waals surface area (Å²) in [4.78, 5) is 0. The number of nitrogens with one attached hydrogen (secondary N) is 1. The average Bonchev–Trinajstić information content (AvgIpc) is 3.01. The molecule has 0 aliphatic heterocycles. The fourth-order valence-corrected chi connectivity index (χ4v) is 3.55. The molecule has 0 unspecified atom stereocenters. The number of anilines is 1. The van der Waals surface area contributed by atoms with E-state index in [-0.39, 0.29) is 0 Å². The van der Waals surface area contributed by atoms with Crippen molar-refractivity contribution in [3.8, 4) is 0 Å². The molecule has 3 rings (SSSR count). The molecule has 0 fully saturated rings. The van der Waals surface area contributed by atoms with Crippen LogP contribution < -0.4 is 4.72 Å². The van der Waals surface area contributed by atoms with Crippen molar-refractivity contribution >= 4 is 32.7 Å². The van der Waals surface area contributed by atoms with Crippen molar-refractivity contribution in [3.05, 3.63) is 71.3 Å². The molecule has 0 saturated carbocycles. The molecule has 136 valence electrons. The predicted molar refractivity (Wildman–Crippen MR) is 107 cm³/mol.